The van der Waals surface area contributed by atoms with Gasteiger partial charge >= 0.3 is 0 Å². The van der Waals surface area contributed by atoms with Gasteiger partial charge in [0.15, 0.2) is 0 Å². The van der Waals surface area contributed by atoms with Crippen LogP contribution in [0.15, 0.2) is 24.3 Å². The van der Waals surface area contributed by atoms with Crippen LogP contribution in [-0.2, 0) is 14.3 Å². The van der Waals surface area contributed by atoms with E-state index in [1.807, 2.05) is 24.3 Å². The molecule has 2 heterocycles. The first-order valence-electron chi connectivity index (χ1n) is 10.4. The van der Waals surface area contributed by atoms with Gasteiger partial charge in [-0.25, -0.2) is 0 Å². The highest BCUT2D eigenvalue weighted by Gasteiger charge is 2.54. The Morgan fingerprint density at radius 3 is 2.62 bits per heavy atom. The van der Waals surface area contributed by atoms with E-state index in [9.17, 15) is 14.7 Å². The average Bonchev–Trinajstić information content (AvgIpc) is 3.25. The molecule has 1 saturated carbocycles. The van der Waals surface area contributed by atoms with Gasteiger partial charge in [-0.3, -0.25) is 9.59 Å². The molecular formula is C23H28N2O4. The second-order valence-electron chi connectivity index (χ2n) is 8.20. The molecule has 154 valence electrons. The number of methoxy groups -OCH3 is 1. The predicted molar refractivity (Wildman–Crippen MR) is 108 cm³/mol. The van der Waals surface area contributed by atoms with Crippen molar-refractivity contribution in [2.24, 2.45) is 5.92 Å². The summed E-state index contributed by atoms with van der Waals surface area (Å²) in [5.74, 6) is 6.17. The monoisotopic (exact) mass is 396 g/mol. The summed E-state index contributed by atoms with van der Waals surface area (Å²) in [7, 11) is 1.61. The smallest absolute Gasteiger partial charge is 0.242 e. The number of aliphatic hydroxyl groups excluding tert-OH is 1. The summed E-state index contributed by atoms with van der Waals surface area (Å²) >= 11 is 0. The molecule has 3 aliphatic rings. The third-order valence-electron chi connectivity index (χ3n) is 6.51. The highest BCUT2D eigenvalue weighted by Crippen LogP contribution is 2.43. The van der Waals surface area contributed by atoms with Gasteiger partial charge in [-0.2, -0.15) is 0 Å². The Bertz CT molecular complexity index is 820. The van der Waals surface area contributed by atoms with Crippen molar-refractivity contribution in [3.05, 3.63) is 35.4 Å². The molecule has 0 aromatic heterocycles. The van der Waals surface area contributed by atoms with Gasteiger partial charge in [0, 0.05) is 31.1 Å². The summed E-state index contributed by atoms with van der Waals surface area (Å²) in [5.41, 5.74) is 1.98. The van der Waals surface area contributed by atoms with E-state index >= 15 is 0 Å². The van der Waals surface area contributed by atoms with Gasteiger partial charge in [0.2, 0.25) is 11.8 Å². The number of carbonyl (C=O) groups excluding carboxylic acids is 2. The van der Waals surface area contributed by atoms with Gasteiger partial charge < -0.3 is 19.6 Å². The molecule has 1 aliphatic carbocycles. The number of hydrogen-bond donors (Lipinski definition) is 1. The number of amides is 2. The van der Waals surface area contributed by atoms with Crippen LogP contribution >= 0.6 is 0 Å². The van der Waals surface area contributed by atoms with E-state index in [1.54, 1.807) is 16.9 Å². The fraction of sp³-hybridized carbons (Fsp3) is 0.565. The zero-order chi connectivity index (χ0) is 20.4. The van der Waals surface area contributed by atoms with Gasteiger partial charge in [-0.05, 0) is 30.5 Å². The Hall–Kier alpha value is -2.36. The predicted octanol–water partition coefficient (Wildman–Crippen LogP) is 1.37. The van der Waals surface area contributed by atoms with Gasteiger partial charge in [-0.1, -0.05) is 36.8 Å². The normalized spacial score (nSPS) is 26.6. The second-order valence-corrected chi connectivity index (χ2v) is 8.20. The molecule has 1 aromatic rings. The third-order valence-corrected chi connectivity index (χ3v) is 6.51. The van der Waals surface area contributed by atoms with Crippen molar-refractivity contribution in [2.75, 3.05) is 33.4 Å². The maximum Gasteiger partial charge on any atom is 0.242 e. The van der Waals surface area contributed by atoms with E-state index < -0.39 is 0 Å². The van der Waals surface area contributed by atoms with E-state index in [1.165, 1.54) is 0 Å². The zero-order valence-corrected chi connectivity index (χ0v) is 16.8. The molecule has 1 N–H and O–H groups in total. The molecule has 2 amide bonds. The number of nitrogens with zero attached hydrogens (tertiary/aromatic N) is 2. The third kappa shape index (κ3) is 3.77. The molecule has 1 aromatic carbocycles. The zero-order valence-electron chi connectivity index (χ0n) is 16.8. The number of aliphatic hydroxyl groups is 1. The minimum Gasteiger partial charge on any atom is -0.394 e. The van der Waals surface area contributed by atoms with Crippen molar-refractivity contribution in [3.8, 4) is 11.8 Å². The standard InChI is InChI=1S/C23H28N2O4/c1-29-12-4-5-16-8-10-17(11-9-16)22-19-13-24(23(28)18-6-2-3-7-18)14-21(27)25(19)20(22)15-26/h8-11,18-20,22,26H,2-3,6-7,12-15H2,1H3/t19-,20-,22-/m1/s1. The minimum absolute atomic E-state index is 0.0316. The summed E-state index contributed by atoms with van der Waals surface area (Å²) in [6.45, 7) is 1.01. The topological polar surface area (TPSA) is 70.1 Å². The molecular weight excluding hydrogens is 368 g/mol. The first kappa shape index (κ1) is 19.9. The Morgan fingerprint density at radius 1 is 1.24 bits per heavy atom. The lowest BCUT2D eigenvalue weighted by molar-refractivity contribution is -0.168. The van der Waals surface area contributed by atoms with Crippen molar-refractivity contribution in [3.63, 3.8) is 0 Å². The highest BCUT2D eigenvalue weighted by molar-refractivity contribution is 5.88. The van der Waals surface area contributed by atoms with Crippen molar-refractivity contribution >= 4 is 11.8 Å². The van der Waals surface area contributed by atoms with E-state index in [0.717, 1.165) is 36.8 Å². The number of hydrogen-bond acceptors (Lipinski definition) is 4. The van der Waals surface area contributed by atoms with E-state index in [2.05, 4.69) is 11.8 Å². The molecule has 6 heteroatoms. The van der Waals surface area contributed by atoms with Gasteiger partial charge in [-0.15, -0.1) is 0 Å². The summed E-state index contributed by atoms with van der Waals surface area (Å²) < 4.78 is 4.95. The molecule has 2 aliphatic heterocycles. The highest BCUT2D eigenvalue weighted by atomic mass is 16.5. The fourth-order valence-electron chi connectivity index (χ4n) is 5.10. The lowest BCUT2D eigenvalue weighted by atomic mass is 9.73. The second kappa shape index (κ2) is 8.56. The van der Waals surface area contributed by atoms with Gasteiger partial charge in [0.1, 0.15) is 6.61 Å². The maximum atomic E-state index is 12.9. The van der Waals surface area contributed by atoms with Gasteiger partial charge in [0.05, 0.1) is 25.2 Å². The van der Waals surface area contributed by atoms with Crippen molar-refractivity contribution in [1.29, 1.82) is 0 Å². The SMILES string of the molecule is COCC#Cc1ccc([C@H]2[C@@H](CO)N3C(=O)CN(C(=O)C4CCCC4)C[C@H]23)cc1. The number of rotatable bonds is 4. The lowest BCUT2D eigenvalue weighted by Crippen LogP contribution is -2.73. The summed E-state index contributed by atoms with van der Waals surface area (Å²) in [4.78, 5) is 29.1. The Kier molecular flexibility index (Phi) is 5.89. The number of piperazine rings is 1. The number of carbonyl (C=O) groups is 2. The summed E-state index contributed by atoms with van der Waals surface area (Å²) in [5, 5.41) is 9.91. The molecule has 0 bridgehead atoms. The maximum absolute atomic E-state index is 12.9. The van der Waals surface area contributed by atoms with Crippen LogP contribution in [0.25, 0.3) is 0 Å². The summed E-state index contributed by atoms with van der Waals surface area (Å²) in [6.07, 6.45) is 4.07. The van der Waals surface area contributed by atoms with Crippen LogP contribution < -0.4 is 0 Å². The molecule has 2 saturated heterocycles. The van der Waals surface area contributed by atoms with Crippen LogP contribution in [0.1, 0.15) is 42.7 Å². The molecule has 0 radical (unpaired) electrons. The molecule has 6 nitrogen and oxygen atoms in total. The molecule has 4 rings (SSSR count). The Balaban J connectivity index is 1.50. The van der Waals surface area contributed by atoms with Crippen LogP contribution in [0.5, 0.6) is 0 Å². The minimum atomic E-state index is -0.221. The fourth-order valence-corrected chi connectivity index (χ4v) is 5.10. The van der Waals surface area contributed by atoms with Crippen molar-refractivity contribution < 1.29 is 19.4 Å². The number of ether oxygens (including phenoxy) is 1. The lowest BCUT2D eigenvalue weighted by Gasteiger charge is -2.59. The van der Waals surface area contributed by atoms with E-state index in [0.29, 0.717) is 13.2 Å². The average molecular weight is 396 g/mol. The molecule has 0 spiro atoms. The van der Waals surface area contributed by atoms with Crippen molar-refractivity contribution in [2.45, 2.75) is 43.7 Å². The number of fused-ring (bicyclic) bond motifs is 1. The molecule has 29 heavy (non-hydrogen) atoms. The van der Waals surface area contributed by atoms with Crippen LogP contribution in [0.4, 0.5) is 0 Å². The molecule has 0 unspecified atom stereocenters. The first-order chi connectivity index (χ1) is 14.1. The van der Waals surface area contributed by atoms with Crippen LogP contribution in [0.2, 0.25) is 0 Å². The van der Waals surface area contributed by atoms with E-state index in [4.69, 9.17) is 4.74 Å². The molecule has 3 atom stereocenters. The van der Waals surface area contributed by atoms with E-state index in [-0.39, 0.29) is 48.9 Å². The van der Waals surface area contributed by atoms with Crippen LogP contribution in [-0.4, -0.2) is 72.2 Å². The van der Waals surface area contributed by atoms with Crippen LogP contribution in [0, 0.1) is 17.8 Å². The largest absolute Gasteiger partial charge is 0.394 e. The van der Waals surface area contributed by atoms with Gasteiger partial charge in [0.25, 0.3) is 0 Å². The Morgan fingerprint density at radius 2 is 1.97 bits per heavy atom. The number of benzene rings is 1. The first-order valence-corrected chi connectivity index (χ1v) is 10.4. The Labute approximate surface area is 171 Å². The summed E-state index contributed by atoms with van der Waals surface area (Å²) in [6, 6.07) is 7.67. The van der Waals surface area contributed by atoms with Crippen LogP contribution in [0.3, 0.4) is 0 Å². The van der Waals surface area contributed by atoms with Crippen molar-refractivity contribution in [1.82, 2.24) is 9.80 Å². The quantitative estimate of drug-likeness (QED) is 0.781. The molecule has 3 fully saturated rings.